The van der Waals surface area contributed by atoms with Crippen LogP contribution in [-0.2, 0) is 20.7 Å². The van der Waals surface area contributed by atoms with E-state index < -0.39 is 17.9 Å². The smallest absolute Gasteiger partial charge is 0.326 e. The van der Waals surface area contributed by atoms with Crippen LogP contribution in [-0.4, -0.2) is 51.5 Å². The highest BCUT2D eigenvalue weighted by Crippen LogP contribution is 2.34. The quantitative estimate of drug-likeness (QED) is 0.293. The Balaban J connectivity index is 1.59. The number of hydrogen-bond acceptors (Lipinski definition) is 6. The highest BCUT2D eigenvalue weighted by molar-refractivity contribution is 5.97. The van der Waals surface area contributed by atoms with Gasteiger partial charge in [-0.15, -0.1) is 0 Å². The van der Waals surface area contributed by atoms with Crippen molar-refractivity contribution in [2.45, 2.75) is 44.6 Å². The van der Waals surface area contributed by atoms with Gasteiger partial charge in [-0.3, -0.25) is 14.0 Å². The summed E-state index contributed by atoms with van der Waals surface area (Å²) in [5, 5.41) is 15.4. The first kappa shape index (κ1) is 25.0. The molecule has 0 bridgehead atoms. The molecule has 2 heterocycles. The number of nitrogens with one attached hydrogen (secondary N) is 2. The van der Waals surface area contributed by atoms with Crippen molar-refractivity contribution in [2.75, 3.05) is 18.5 Å². The molecule has 188 valence electrons. The predicted molar refractivity (Wildman–Crippen MR) is 135 cm³/mol. The lowest BCUT2D eigenvalue weighted by atomic mass is 9.91. The maximum absolute atomic E-state index is 13.0. The topological polar surface area (TPSA) is 122 Å². The van der Waals surface area contributed by atoms with Gasteiger partial charge in [-0.2, -0.15) is 0 Å². The van der Waals surface area contributed by atoms with Gasteiger partial charge in [0.2, 0.25) is 0 Å². The number of esters is 1. The van der Waals surface area contributed by atoms with E-state index in [-0.39, 0.29) is 24.9 Å². The molecule has 2 atom stereocenters. The van der Waals surface area contributed by atoms with Crippen LogP contribution in [0.4, 0.5) is 5.82 Å². The van der Waals surface area contributed by atoms with Gasteiger partial charge in [0, 0.05) is 24.1 Å². The van der Waals surface area contributed by atoms with Crippen molar-refractivity contribution in [3.63, 3.8) is 0 Å². The van der Waals surface area contributed by atoms with Gasteiger partial charge in [-0.05, 0) is 43.9 Å². The van der Waals surface area contributed by atoms with Crippen LogP contribution >= 0.6 is 0 Å². The summed E-state index contributed by atoms with van der Waals surface area (Å²) in [7, 11) is 0. The van der Waals surface area contributed by atoms with Gasteiger partial charge in [0.05, 0.1) is 12.3 Å². The van der Waals surface area contributed by atoms with Gasteiger partial charge in [0.1, 0.15) is 24.1 Å². The molecule has 3 aromatic rings. The molecule has 0 radical (unpaired) electrons. The highest BCUT2D eigenvalue weighted by atomic mass is 16.5. The second-order valence-electron chi connectivity index (χ2n) is 8.68. The Kier molecular flexibility index (Phi) is 7.99. The number of rotatable bonds is 10. The summed E-state index contributed by atoms with van der Waals surface area (Å²) in [6, 6.07) is 11.3. The van der Waals surface area contributed by atoms with E-state index in [1.165, 1.54) is 0 Å². The number of fused-ring (bicyclic) bond motifs is 1. The van der Waals surface area contributed by atoms with Crippen LogP contribution in [0.2, 0.25) is 0 Å². The first-order valence-electron chi connectivity index (χ1n) is 12.1. The highest BCUT2D eigenvalue weighted by Gasteiger charge is 2.24. The van der Waals surface area contributed by atoms with Crippen molar-refractivity contribution in [1.82, 2.24) is 14.7 Å². The maximum atomic E-state index is 13.0. The Morgan fingerprint density at radius 2 is 2.00 bits per heavy atom. The van der Waals surface area contributed by atoms with Crippen molar-refractivity contribution in [1.29, 1.82) is 0 Å². The molecule has 9 heteroatoms. The number of benzene rings is 1. The molecule has 36 heavy (non-hydrogen) atoms. The zero-order valence-electron chi connectivity index (χ0n) is 20.1. The molecule has 1 aliphatic carbocycles. The lowest BCUT2D eigenvalue weighted by Gasteiger charge is -2.18. The lowest BCUT2D eigenvalue weighted by molar-refractivity contribution is -0.141. The molecule has 2 aromatic heterocycles. The van der Waals surface area contributed by atoms with Crippen LogP contribution in [0.3, 0.4) is 0 Å². The van der Waals surface area contributed by atoms with E-state index >= 15 is 0 Å². The number of carbonyl (C=O) groups is 3. The molecule has 4 rings (SSSR count). The van der Waals surface area contributed by atoms with E-state index in [9.17, 15) is 19.5 Å². The van der Waals surface area contributed by atoms with E-state index in [0.717, 1.165) is 30.5 Å². The summed E-state index contributed by atoms with van der Waals surface area (Å²) in [5.41, 5.74) is 2.48. The number of carbonyl (C=O) groups excluding carboxylic acids is 2. The van der Waals surface area contributed by atoms with Crippen molar-refractivity contribution < 1.29 is 24.2 Å². The number of carboxylic acid groups (broad SMARTS) is 1. The fourth-order valence-corrected chi connectivity index (χ4v) is 4.37. The first-order valence-corrected chi connectivity index (χ1v) is 12.1. The predicted octanol–water partition coefficient (Wildman–Crippen LogP) is 3.56. The summed E-state index contributed by atoms with van der Waals surface area (Å²) in [6.45, 7) is 2.06. The van der Waals surface area contributed by atoms with Crippen molar-refractivity contribution in [2.24, 2.45) is 0 Å². The molecule has 1 aromatic carbocycles. The summed E-state index contributed by atoms with van der Waals surface area (Å²) in [4.78, 5) is 41.5. The van der Waals surface area contributed by atoms with E-state index in [1.807, 2.05) is 34.7 Å². The molecule has 1 aliphatic rings. The standard InChI is InChI=1S/C27H30N4O5/c1-2-36-23(32)17-28-25-24(19-11-7-4-8-12-19)30-22-16-20(13-14-31(22)25)26(33)29-21(27(34)35)15-18-9-5-3-6-10-18/h3-7,9-10,13-14,16,19,21,28H,2,8,11-12,15,17H2,1H3,(H,29,33)(H,34,35). The van der Waals surface area contributed by atoms with Gasteiger partial charge in [-0.25, -0.2) is 9.78 Å². The summed E-state index contributed by atoms with van der Waals surface area (Å²) in [5.74, 6) is -1.09. The number of aromatic nitrogens is 2. The molecule has 0 saturated heterocycles. The Bertz CT molecular complexity index is 1270. The SMILES string of the molecule is CCOC(=O)CNc1c(C2CC=CCC2)nc2cc(C(=O)NC(Cc3ccccc3)C(=O)O)ccn12. The summed E-state index contributed by atoms with van der Waals surface area (Å²) in [6.07, 6.45) is 8.88. The number of carboxylic acids is 1. The molecule has 9 nitrogen and oxygen atoms in total. The van der Waals surface area contributed by atoms with Gasteiger partial charge in [0.15, 0.2) is 0 Å². The fourth-order valence-electron chi connectivity index (χ4n) is 4.37. The molecule has 1 amide bonds. The minimum atomic E-state index is -1.10. The molecule has 0 fully saturated rings. The van der Waals surface area contributed by atoms with E-state index in [1.54, 1.807) is 25.3 Å². The van der Waals surface area contributed by atoms with Crippen molar-refractivity contribution in [3.05, 3.63) is 77.6 Å². The lowest BCUT2D eigenvalue weighted by Crippen LogP contribution is -2.42. The van der Waals surface area contributed by atoms with Crippen LogP contribution in [0.1, 0.15) is 53.7 Å². The monoisotopic (exact) mass is 490 g/mol. The van der Waals surface area contributed by atoms with E-state index in [2.05, 4.69) is 22.8 Å². The minimum Gasteiger partial charge on any atom is -0.480 e. The van der Waals surface area contributed by atoms with Crippen molar-refractivity contribution in [3.8, 4) is 0 Å². The molecule has 0 saturated carbocycles. The van der Waals surface area contributed by atoms with Crippen LogP contribution in [0.25, 0.3) is 5.65 Å². The number of pyridine rings is 1. The van der Waals surface area contributed by atoms with Gasteiger partial charge in [0.25, 0.3) is 5.91 Å². The average molecular weight is 491 g/mol. The minimum absolute atomic E-state index is 0.000786. The molecule has 0 spiro atoms. The van der Waals surface area contributed by atoms with Gasteiger partial charge in [-0.1, -0.05) is 42.5 Å². The Hall–Kier alpha value is -4.14. The van der Waals surface area contributed by atoms with Crippen LogP contribution in [0, 0.1) is 0 Å². The van der Waals surface area contributed by atoms with E-state index in [0.29, 0.717) is 23.6 Å². The van der Waals surface area contributed by atoms with Crippen LogP contribution < -0.4 is 10.6 Å². The third-order valence-electron chi connectivity index (χ3n) is 6.16. The number of amides is 1. The van der Waals surface area contributed by atoms with Crippen LogP contribution in [0.5, 0.6) is 0 Å². The van der Waals surface area contributed by atoms with Gasteiger partial charge < -0.3 is 20.5 Å². The number of imidazole rings is 1. The summed E-state index contributed by atoms with van der Waals surface area (Å²) < 4.78 is 6.85. The Morgan fingerprint density at radius 1 is 1.19 bits per heavy atom. The number of nitrogens with zero attached hydrogens (tertiary/aromatic N) is 2. The second kappa shape index (κ2) is 11.5. The van der Waals surface area contributed by atoms with Crippen molar-refractivity contribution >= 4 is 29.3 Å². The zero-order chi connectivity index (χ0) is 25.5. The fraction of sp³-hybridized carbons (Fsp3) is 0.333. The maximum Gasteiger partial charge on any atom is 0.326 e. The van der Waals surface area contributed by atoms with Gasteiger partial charge >= 0.3 is 11.9 Å². The number of ether oxygens (including phenoxy) is 1. The second-order valence-corrected chi connectivity index (χ2v) is 8.68. The molecule has 2 unspecified atom stereocenters. The Morgan fingerprint density at radius 3 is 2.69 bits per heavy atom. The third kappa shape index (κ3) is 5.91. The number of hydrogen-bond donors (Lipinski definition) is 3. The molecule has 0 aliphatic heterocycles. The normalized spacial score (nSPS) is 15.9. The Labute approximate surface area is 209 Å². The molecular weight excluding hydrogens is 460 g/mol. The zero-order valence-corrected chi connectivity index (χ0v) is 20.1. The van der Waals surface area contributed by atoms with E-state index in [4.69, 9.17) is 9.72 Å². The number of anilines is 1. The summed E-state index contributed by atoms with van der Waals surface area (Å²) >= 11 is 0. The van der Waals surface area contributed by atoms with Crippen LogP contribution in [0.15, 0.2) is 60.8 Å². The first-order chi connectivity index (χ1) is 17.5. The number of aliphatic carboxylic acids is 1. The molecular formula is C27H30N4O5. The average Bonchev–Trinajstić information content (AvgIpc) is 3.26. The number of allylic oxidation sites excluding steroid dienone is 2. The molecule has 3 N–H and O–H groups in total. The third-order valence-corrected chi connectivity index (χ3v) is 6.16. The largest absolute Gasteiger partial charge is 0.480 e.